The summed E-state index contributed by atoms with van der Waals surface area (Å²) in [6, 6.07) is 9.48. The fourth-order valence-corrected chi connectivity index (χ4v) is 4.87. The molecule has 32 heavy (non-hydrogen) atoms. The number of anilines is 1. The zero-order valence-corrected chi connectivity index (χ0v) is 18.5. The van der Waals surface area contributed by atoms with Crippen LogP contribution in [0, 0.1) is 0 Å². The lowest BCUT2D eigenvalue weighted by Crippen LogP contribution is -2.59. The Kier molecular flexibility index (Phi) is 5.72. The number of carbonyl (C=O) groups is 1. The largest absolute Gasteiger partial charge is 0.479 e. The number of rotatable bonds is 3. The van der Waals surface area contributed by atoms with E-state index in [0.717, 1.165) is 28.6 Å². The average molecular weight is 464 g/mol. The predicted octanol–water partition coefficient (Wildman–Crippen LogP) is 1.15. The van der Waals surface area contributed by atoms with Crippen molar-refractivity contribution in [3.8, 4) is 11.3 Å². The smallest absolute Gasteiger partial charge is 0.335 e. The fourth-order valence-electron chi connectivity index (χ4n) is 3.79. The number of hydrogen-bond acceptors (Lipinski definition) is 9. The van der Waals surface area contributed by atoms with Crippen LogP contribution in [0.3, 0.4) is 0 Å². The molecule has 1 fully saturated rings. The number of nitrogens with two attached hydrogens (primary N) is 1. The average Bonchev–Trinajstić information content (AvgIpc) is 3.06. The third kappa shape index (κ3) is 3.86. The third-order valence-corrected chi connectivity index (χ3v) is 6.68. The van der Waals surface area contributed by atoms with Gasteiger partial charge in [-0.2, -0.15) is 0 Å². The summed E-state index contributed by atoms with van der Waals surface area (Å²) in [7, 11) is 1.88. The summed E-state index contributed by atoms with van der Waals surface area (Å²) in [4.78, 5) is 15.8. The van der Waals surface area contributed by atoms with E-state index >= 15 is 0 Å². The number of carboxylic acids is 1. The van der Waals surface area contributed by atoms with Gasteiger partial charge in [0.25, 0.3) is 5.23 Å². The molecule has 1 aromatic heterocycles. The van der Waals surface area contributed by atoms with E-state index < -0.39 is 41.4 Å². The highest BCUT2D eigenvalue weighted by Crippen LogP contribution is 2.43. The van der Waals surface area contributed by atoms with E-state index in [9.17, 15) is 25.2 Å². The van der Waals surface area contributed by atoms with Gasteiger partial charge in [0.1, 0.15) is 35.2 Å². The molecule has 11 heteroatoms. The van der Waals surface area contributed by atoms with Crippen LogP contribution >= 0.6 is 11.8 Å². The Hall–Kier alpha value is -2.57. The number of aliphatic carboxylic acids is 1. The third-order valence-electron chi connectivity index (χ3n) is 5.69. The summed E-state index contributed by atoms with van der Waals surface area (Å²) < 4.78 is 13.2. The lowest BCUT2D eigenvalue weighted by atomic mass is 9.93. The molecule has 10 nitrogen and oxygen atoms in total. The zero-order valence-electron chi connectivity index (χ0n) is 17.7. The second kappa shape index (κ2) is 8.09. The van der Waals surface area contributed by atoms with Crippen LogP contribution in [0.1, 0.15) is 19.4 Å². The summed E-state index contributed by atoms with van der Waals surface area (Å²) >= 11 is 0.849. The number of nitrogen functional groups attached to an aromatic ring is 1. The second-order valence-corrected chi connectivity index (χ2v) is 9.33. The fraction of sp³-hybridized carbons (Fsp3) is 0.429. The van der Waals surface area contributed by atoms with Crippen molar-refractivity contribution in [2.24, 2.45) is 12.0 Å². The lowest BCUT2D eigenvalue weighted by molar-refractivity contribution is -0.209. The molecular weight excluding hydrogens is 438 g/mol. The van der Waals surface area contributed by atoms with Gasteiger partial charge in [-0.25, -0.2) is 9.79 Å². The van der Waals surface area contributed by atoms with Crippen molar-refractivity contribution < 1.29 is 34.7 Å². The number of aliphatic hydroxyl groups excluding tert-OH is 3. The number of fused-ring (bicyclic) bond motifs is 1. The molecule has 6 N–H and O–H groups in total. The number of hydrogen-bond donors (Lipinski definition) is 5. The number of nitrogens with zero attached hydrogens (tertiary/aromatic N) is 2. The predicted molar refractivity (Wildman–Crippen MR) is 118 cm³/mol. The van der Waals surface area contributed by atoms with Crippen LogP contribution in [-0.4, -0.2) is 66.0 Å². The number of benzene rings is 1. The molecule has 0 radical (unpaired) electrons. The van der Waals surface area contributed by atoms with Crippen LogP contribution in [0.4, 0.5) is 11.5 Å². The maximum absolute atomic E-state index is 11.3. The van der Waals surface area contributed by atoms with Crippen molar-refractivity contribution in [3.05, 3.63) is 35.9 Å². The first-order chi connectivity index (χ1) is 15.0. The molecule has 0 bridgehead atoms. The molecular formula is C21H25N3O7S. The van der Waals surface area contributed by atoms with Crippen LogP contribution in [0.15, 0.2) is 35.3 Å². The standard InChI is InChI=1S/C21H25N3O7S/c1-21(2)10-8-9(12-6-7-13(22)24(12)3)4-5-11(10)23-20(31-21)32-19-16(27)14(25)15(26)17(30-19)18(28)29/h4-8,14-17,19,25-27H,22H2,1-3H3,(H,28,29)/t14-,15-,16+,17-,19-/m0/s1. The van der Waals surface area contributed by atoms with Crippen LogP contribution in [0.2, 0.25) is 0 Å². The molecule has 0 spiro atoms. The van der Waals surface area contributed by atoms with E-state index in [1.54, 1.807) is 0 Å². The van der Waals surface area contributed by atoms with E-state index in [0.29, 0.717) is 11.5 Å². The normalized spacial score (nSPS) is 29.1. The van der Waals surface area contributed by atoms with E-state index in [-0.39, 0.29) is 5.23 Å². The molecule has 4 rings (SSSR count). The molecule has 2 aromatic rings. The molecule has 2 aliphatic rings. The first kappa shape index (κ1) is 22.6. The molecule has 1 saturated heterocycles. The van der Waals surface area contributed by atoms with E-state index in [1.807, 2.05) is 55.8 Å². The minimum absolute atomic E-state index is 0.148. The molecule has 0 aliphatic carbocycles. The highest BCUT2D eigenvalue weighted by molar-refractivity contribution is 8.14. The molecule has 2 aliphatic heterocycles. The topological polar surface area (TPSA) is 160 Å². The van der Waals surface area contributed by atoms with Gasteiger partial charge in [0.2, 0.25) is 0 Å². The van der Waals surface area contributed by atoms with Gasteiger partial charge < -0.3 is 40.2 Å². The number of ether oxygens (including phenoxy) is 2. The van der Waals surface area contributed by atoms with Gasteiger partial charge in [-0.15, -0.1) is 0 Å². The molecule has 172 valence electrons. The first-order valence-electron chi connectivity index (χ1n) is 9.92. The SMILES string of the molecule is Cn1c(N)ccc1-c1ccc2c(c1)C(C)(C)OC(S[C@@H]1O[C@H](C(=O)O)[C@@H](O)[C@H](O)[C@H]1O)=N2. The highest BCUT2D eigenvalue weighted by atomic mass is 32.2. The van der Waals surface area contributed by atoms with Crippen LogP contribution in [-0.2, 0) is 26.9 Å². The minimum Gasteiger partial charge on any atom is -0.479 e. The number of aliphatic imine (C=N–C) groups is 1. The van der Waals surface area contributed by atoms with Gasteiger partial charge in [-0.05, 0) is 55.4 Å². The molecule has 1 aromatic carbocycles. The number of thioether (sulfide) groups is 1. The first-order valence-corrected chi connectivity index (χ1v) is 10.8. The van der Waals surface area contributed by atoms with Crippen LogP contribution < -0.4 is 5.73 Å². The minimum atomic E-state index is -1.75. The van der Waals surface area contributed by atoms with Crippen molar-refractivity contribution in [1.29, 1.82) is 0 Å². The van der Waals surface area contributed by atoms with Gasteiger partial charge >= 0.3 is 5.97 Å². The van der Waals surface area contributed by atoms with Crippen molar-refractivity contribution in [2.45, 2.75) is 49.3 Å². The van der Waals surface area contributed by atoms with Crippen molar-refractivity contribution in [3.63, 3.8) is 0 Å². The summed E-state index contributed by atoms with van der Waals surface area (Å²) in [6.45, 7) is 3.72. The van der Waals surface area contributed by atoms with Gasteiger partial charge in [-0.1, -0.05) is 6.07 Å². The molecule has 3 heterocycles. The van der Waals surface area contributed by atoms with E-state index in [1.165, 1.54) is 0 Å². The summed E-state index contributed by atoms with van der Waals surface area (Å²) in [5.41, 5.74) is 7.32. The molecule has 0 unspecified atom stereocenters. The Morgan fingerprint density at radius 2 is 1.88 bits per heavy atom. The summed E-state index contributed by atoms with van der Waals surface area (Å²) in [6.07, 6.45) is -6.66. The van der Waals surface area contributed by atoms with Gasteiger partial charge in [-0.3, -0.25) is 0 Å². The van der Waals surface area contributed by atoms with Crippen molar-refractivity contribution in [2.75, 3.05) is 5.73 Å². The summed E-state index contributed by atoms with van der Waals surface area (Å²) in [5.74, 6) is -0.803. The Morgan fingerprint density at radius 3 is 2.50 bits per heavy atom. The molecule has 0 saturated carbocycles. The Morgan fingerprint density at radius 1 is 1.16 bits per heavy atom. The quantitative estimate of drug-likeness (QED) is 0.450. The zero-order chi connectivity index (χ0) is 23.4. The molecule has 5 atom stereocenters. The van der Waals surface area contributed by atoms with Gasteiger partial charge in [0.05, 0.1) is 5.69 Å². The second-order valence-electron chi connectivity index (χ2n) is 8.28. The van der Waals surface area contributed by atoms with Gasteiger partial charge in [0, 0.05) is 18.3 Å². The van der Waals surface area contributed by atoms with Crippen molar-refractivity contribution in [1.82, 2.24) is 4.57 Å². The van der Waals surface area contributed by atoms with E-state index in [4.69, 9.17) is 15.2 Å². The molecule has 0 amide bonds. The van der Waals surface area contributed by atoms with E-state index in [2.05, 4.69) is 4.99 Å². The number of aromatic nitrogens is 1. The number of carboxylic acid groups (broad SMARTS) is 1. The van der Waals surface area contributed by atoms with Gasteiger partial charge in [0.15, 0.2) is 6.10 Å². The Balaban J connectivity index is 1.63. The maximum Gasteiger partial charge on any atom is 0.335 e. The maximum atomic E-state index is 11.3. The lowest BCUT2D eigenvalue weighted by Gasteiger charge is -2.39. The van der Waals surface area contributed by atoms with Crippen LogP contribution in [0.5, 0.6) is 0 Å². The Bertz CT molecular complexity index is 1080. The monoisotopic (exact) mass is 463 g/mol. The highest BCUT2D eigenvalue weighted by Gasteiger charge is 2.48. The Labute approximate surface area is 188 Å². The number of aliphatic hydroxyl groups is 3. The van der Waals surface area contributed by atoms with Crippen molar-refractivity contribution >= 4 is 34.5 Å². The van der Waals surface area contributed by atoms with Crippen LogP contribution in [0.25, 0.3) is 11.3 Å². The summed E-state index contributed by atoms with van der Waals surface area (Å²) in [5, 5.41) is 39.6.